The van der Waals surface area contributed by atoms with Crippen LogP contribution >= 0.6 is 15.9 Å². The number of rotatable bonds is 30. The highest BCUT2D eigenvalue weighted by atomic mass is 79.9. The van der Waals surface area contributed by atoms with Crippen molar-refractivity contribution >= 4 is 62.9 Å². The molecule has 18 nitrogen and oxygen atoms in total. The topological polar surface area (TPSA) is 217 Å². The first-order valence-corrected chi connectivity index (χ1v) is 27.0. The van der Waals surface area contributed by atoms with Gasteiger partial charge < -0.3 is 35.1 Å². The van der Waals surface area contributed by atoms with Gasteiger partial charge >= 0.3 is 5.97 Å². The smallest absolute Gasteiger partial charge is 0.338 e. The fourth-order valence-corrected chi connectivity index (χ4v) is 10.0. The van der Waals surface area contributed by atoms with Gasteiger partial charge in [0.15, 0.2) is 0 Å². The molecule has 0 aromatic heterocycles. The molecule has 3 rings (SSSR count). The molecule has 2 aromatic rings. The van der Waals surface area contributed by atoms with Crippen molar-refractivity contribution < 1.29 is 47.8 Å². The van der Waals surface area contributed by atoms with Crippen molar-refractivity contribution in [3.05, 3.63) is 71.3 Å². The highest BCUT2D eigenvalue weighted by Crippen LogP contribution is 2.30. The lowest BCUT2D eigenvalue weighted by atomic mass is 9.89. The monoisotopic (exact) mass is 1100 g/mol. The first kappa shape index (κ1) is 63.2. The van der Waals surface area contributed by atoms with Crippen LogP contribution < -0.4 is 21.4 Å². The Hall–Kier alpha value is -5.08. The molecule has 1 aliphatic heterocycles. The summed E-state index contributed by atoms with van der Waals surface area (Å²) < 4.78 is 18.2. The highest BCUT2D eigenvalue weighted by molar-refractivity contribution is 9.09. The van der Waals surface area contributed by atoms with Crippen LogP contribution in [0.2, 0.25) is 0 Å². The summed E-state index contributed by atoms with van der Waals surface area (Å²) >= 11 is 3.06. The van der Waals surface area contributed by atoms with Crippen LogP contribution in [0.3, 0.4) is 0 Å². The minimum Gasteiger partial charge on any atom is -0.452 e. The Labute approximate surface area is 448 Å². The quantitative estimate of drug-likeness (QED) is 0.0329. The number of nitrogens with zero attached hydrogens (tertiary/aromatic N) is 4. The van der Waals surface area contributed by atoms with Gasteiger partial charge in [-0.05, 0) is 88.3 Å². The van der Waals surface area contributed by atoms with Gasteiger partial charge in [-0.25, -0.2) is 10.2 Å². The zero-order valence-electron chi connectivity index (χ0n) is 46.2. The van der Waals surface area contributed by atoms with Crippen LogP contribution in [0.25, 0.3) is 0 Å². The van der Waals surface area contributed by atoms with Gasteiger partial charge in [0.25, 0.3) is 0 Å². The SMILES string of the molecule is CC[C@H](C)[C@@H]([C@@H](CC(=O)CN1CCC[C@H]1[C@H](OC)[C@@H](C)C(=O)N[C@H](C)[C@@H](OC(=O)c1ccc(/C(C)=N/NC(=O)CCNC(=O)CBr)cc1)c1ccccc1)OC)N(C)C(=O)[C@@H](NC(=O)[C@H](C(C)C)N(C)C)C(C)C. The molecule has 0 aliphatic carbocycles. The van der Waals surface area contributed by atoms with Crippen molar-refractivity contribution in [3.63, 3.8) is 0 Å². The van der Waals surface area contributed by atoms with E-state index < -0.39 is 54.4 Å². The number of likely N-dealkylation sites (tertiary alicyclic amines) is 1. The van der Waals surface area contributed by atoms with Crippen LogP contribution in [0.15, 0.2) is 59.7 Å². The number of ketones is 1. The molecule has 1 saturated heterocycles. The Morgan fingerprint density at radius 3 is 2.01 bits per heavy atom. The van der Waals surface area contributed by atoms with Crippen molar-refractivity contribution in [1.29, 1.82) is 0 Å². The highest BCUT2D eigenvalue weighted by Gasteiger charge is 2.42. The van der Waals surface area contributed by atoms with E-state index in [2.05, 4.69) is 47.3 Å². The maximum Gasteiger partial charge on any atom is 0.338 e. The molecule has 0 unspecified atom stereocenters. The average Bonchev–Trinajstić information content (AvgIpc) is 3.82. The van der Waals surface area contributed by atoms with Crippen LogP contribution in [0, 0.1) is 23.7 Å². The van der Waals surface area contributed by atoms with E-state index in [1.807, 2.05) is 90.9 Å². The molecular weight excluding hydrogens is 1010 g/mol. The van der Waals surface area contributed by atoms with Crippen molar-refractivity contribution in [2.45, 2.75) is 143 Å². The summed E-state index contributed by atoms with van der Waals surface area (Å²) in [5.41, 5.74) is 4.58. The summed E-state index contributed by atoms with van der Waals surface area (Å²) in [6.07, 6.45) is 0.253. The Bertz CT molecular complexity index is 2170. The van der Waals surface area contributed by atoms with Crippen LogP contribution in [-0.2, 0) is 43.0 Å². The molecule has 1 aliphatic rings. The summed E-state index contributed by atoms with van der Waals surface area (Å²) in [7, 11) is 8.55. The minimum absolute atomic E-state index is 0.0254. The zero-order valence-corrected chi connectivity index (χ0v) is 47.8. The number of hydrogen-bond donors (Lipinski definition) is 4. The first-order chi connectivity index (χ1) is 35.0. The molecule has 10 atom stereocenters. The number of carbonyl (C=O) groups is 7. The van der Waals surface area contributed by atoms with Gasteiger partial charge in [0.1, 0.15) is 17.9 Å². The number of ether oxygens (including phenoxy) is 3. The zero-order chi connectivity index (χ0) is 55.4. The van der Waals surface area contributed by atoms with Crippen LogP contribution in [0.1, 0.15) is 122 Å². The predicted molar refractivity (Wildman–Crippen MR) is 290 cm³/mol. The van der Waals surface area contributed by atoms with E-state index in [9.17, 15) is 33.6 Å². The number of methoxy groups -OCH3 is 2. The second-order valence-corrected chi connectivity index (χ2v) is 21.0. The van der Waals surface area contributed by atoms with Crippen LogP contribution in [0.4, 0.5) is 0 Å². The van der Waals surface area contributed by atoms with E-state index in [0.29, 0.717) is 29.8 Å². The molecule has 412 valence electrons. The molecule has 2 aromatic carbocycles. The summed E-state index contributed by atoms with van der Waals surface area (Å²) in [5, 5.41) is 13.0. The van der Waals surface area contributed by atoms with Gasteiger partial charge in [-0.1, -0.05) is 113 Å². The lowest BCUT2D eigenvalue weighted by molar-refractivity contribution is -0.144. The Morgan fingerprint density at radius 2 is 1.46 bits per heavy atom. The number of hydrogen-bond acceptors (Lipinski definition) is 13. The number of amides is 5. The predicted octanol–water partition coefficient (Wildman–Crippen LogP) is 5.52. The largest absolute Gasteiger partial charge is 0.452 e. The molecule has 1 fully saturated rings. The van der Waals surface area contributed by atoms with Gasteiger partial charge in [0.05, 0.1) is 59.4 Å². The van der Waals surface area contributed by atoms with E-state index in [4.69, 9.17) is 14.2 Å². The molecule has 0 bridgehead atoms. The van der Waals surface area contributed by atoms with E-state index >= 15 is 0 Å². The van der Waals surface area contributed by atoms with Gasteiger partial charge in [0.2, 0.25) is 29.5 Å². The number of hydrazone groups is 1. The van der Waals surface area contributed by atoms with E-state index in [1.165, 1.54) is 0 Å². The normalized spacial score (nSPS) is 17.8. The Balaban J connectivity index is 1.72. The van der Waals surface area contributed by atoms with Gasteiger partial charge in [0, 0.05) is 46.7 Å². The Morgan fingerprint density at radius 1 is 0.824 bits per heavy atom. The number of esters is 1. The molecule has 0 saturated carbocycles. The molecule has 1 heterocycles. The van der Waals surface area contributed by atoms with Crippen molar-refractivity contribution in [2.24, 2.45) is 28.8 Å². The van der Waals surface area contributed by atoms with E-state index in [1.54, 1.807) is 71.2 Å². The molecule has 74 heavy (non-hydrogen) atoms. The number of halogens is 1. The second kappa shape index (κ2) is 31.1. The number of nitrogens with one attached hydrogen (secondary N) is 4. The third-order valence-corrected chi connectivity index (χ3v) is 14.6. The lowest BCUT2D eigenvalue weighted by Crippen LogP contribution is -2.59. The molecule has 0 spiro atoms. The Kier molecular flexibility index (Phi) is 26.6. The van der Waals surface area contributed by atoms with E-state index in [-0.39, 0.29) is 95.9 Å². The maximum absolute atomic E-state index is 14.3. The first-order valence-electron chi connectivity index (χ1n) is 25.9. The summed E-state index contributed by atoms with van der Waals surface area (Å²) in [5.74, 6) is -2.92. The third kappa shape index (κ3) is 18.3. The summed E-state index contributed by atoms with van der Waals surface area (Å²) in [6.45, 7) is 18.0. The molecule has 5 amide bonds. The number of benzene rings is 2. The molecule has 0 radical (unpaired) electrons. The summed E-state index contributed by atoms with van der Waals surface area (Å²) in [4.78, 5) is 99.1. The van der Waals surface area contributed by atoms with E-state index in [0.717, 1.165) is 12.8 Å². The fourth-order valence-electron chi connectivity index (χ4n) is 9.81. The van der Waals surface area contributed by atoms with Gasteiger partial charge in [-0.2, -0.15) is 5.10 Å². The maximum atomic E-state index is 14.3. The lowest BCUT2D eigenvalue weighted by Gasteiger charge is -2.40. The van der Waals surface area contributed by atoms with Crippen LogP contribution in [-0.4, -0.2) is 164 Å². The van der Waals surface area contributed by atoms with Crippen LogP contribution in [0.5, 0.6) is 0 Å². The van der Waals surface area contributed by atoms with Crippen molar-refractivity contribution in [1.82, 2.24) is 36.1 Å². The average molecular weight is 1100 g/mol. The fraction of sp³-hybridized carbons (Fsp3) is 0.636. The number of carbonyl (C=O) groups excluding carboxylic acids is 7. The minimum atomic E-state index is -0.864. The number of alkyl halides is 1. The third-order valence-electron chi connectivity index (χ3n) is 14.0. The molecular formula is C55H85BrN8O10. The van der Waals surface area contributed by atoms with Crippen molar-refractivity contribution in [2.75, 3.05) is 60.3 Å². The molecule has 4 N–H and O–H groups in total. The van der Waals surface area contributed by atoms with Gasteiger partial charge in [-0.15, -0.1) is 0 Å². The number of Topliss-reactive ketones (excluding diaryl/α,β-unsaturated/α-hetero) is 1. The summed E-state index contributed by atoms with van der Waals surface area (Å²) in [6, 6.07) is 13.2. The van der Waals surface area contributed by atoms with Crippen molar-refractivity contribution in [3.8, 4) is 0 Å². The van der Waals surface area contributed by atoms with Gasteiger partial charge in [-0.3, -0.25) is 38.6 Å². The molecule has 19 heteroatoms. The number of likely N-dealkylation sites (N-methyl/N-ethyl adjacent to an activating group) is 2. The standard InChI is InChI=1S/C55H85BrN8O10/c1-15-35(6)49(63(12)54(70)47(33(2)3)59-53(69)48(34(4)5)62(10)11)44(72-13)30-42(65)32-64-29-19-22-43(64)50(73-14)36(7)52(68)58-38(9)51(40-20-17-16-18-21-40)74-55(71)41-25-23-39(24-26-41)37(8)60-61-45(66)27-28-57-46(67)31-56/h16-18,20-21,23-26,33-36,38,43-44,47-51H,15,19,22,27-32H2,1-14H3,(H,57,67)(H,58,68)(H,59,69)(H,61,66)/b60-37+/t35-,36+,38+,43-,44+,47-,48-,49-,50+,51+/m0/s1. The second-order valence-electron chi connectivity index (χ2n) is 20.5.